The van der Waals surface area contributed by atoms with Gasteiger partial charge < -0.3 is 15.3 Å². The number of carbonyl (C=O) groups is 3. The quantitative estimate of drug-likeness (QED) is 0.360. The molecule has 10 nitrogen and oxygen atoms in total. The van der Waals surface area contributed by atoms with E-state index in [2.05, 4.69) is 58.2 Å². The van der Waals surface area contributed by atoms with Crippen LogP contribution in [0.5, 0.6) is 0 Å². The zero-order chi connectivity index (χ0) is 34.5. The standard InChI is InChI=1S/C18H26N4S.3C2HF3O2/c1-14(2)21(3)16-6-10-22(13-18-20-9-11-23-18)17(16)12-15-4-7-19-8-5-15;3*3-2(4,5)1(6)7/h4-5,7-9,11,14,16-17H,6,10,12-13H2,1-3H3;3*(H,6,7)/t16-,17+;;;/m1.../s1. The molecule has 3 heterocycles. The Labute approximate surface area is 248 Å². The monoisotopic (exact) mass is 672 g/mol. The first-order chi connectivity index (χ1) is 20.0. The van der Waals surface area contributed by atoms with Crippen molar-refractivity contribution in [1.82, 2.24) is 19.8 Å². The number of thiazole rings is 1. The summed E-state index contributed by atoms with van der Waals surface area (Å²) >= 11 is 1.76. The number of carboxylic acids is 3. The van der Waals surface area contributed by atoms with Crippen molar-refractivity contribution >= 4 is 29.2 Å². The zero-order valence-electron chi connectivity index (χ0n) is 23.2. The molecule has 20 heteroatoms. The highest BCUT2D eigenvalue weighted by molar-refractivity contribution is 7.09. The Morgan fingerprint density at radius 2 is 1.34 bits per heavy atom. The predicted octanol–water partition coefficient (Wildman–Crippen LogP) is 4.96. The average Bonchev–Trinajstić information content (AvgIpc) is 3.54. The minimum atomic E-state index is -5.08. The van der Waals surface area contributed by atoms with Gasteiger partial charge >= 0.3 is 36.4 Å². The van der Waals surface area contributed by atoms with Gasteiger partial charge in [-0.1, -0.05) is 0 Å². The molecule has 0 aliphatic carbocycles. The van der Waals surface area contributed by atoms with Gasteiger partial charge in [-0.3, -0.25) is 14.8 Å². The molecule has 44 heavy (non-hydrogen) atoms. The topological polar surface area (TPSA) is 144 Å². The SMILES string of the molecule is CC(C)N(C)[C@@H]1CCN(Cc2nccs2)[C@H]1Cc1ccncc1.O=C(O)C(F)(F)F.O=C(O)C(F)(F)F.O=C(O)C(F)(F)F. The number of alkyl halides is 9. The highest BCUT2D eigenvalue weighted by Crippen LogP contribution is 2.28. The maximum atomic E-state index is 10.6. The summed E-state index contributed by atoms with van der Waals surface area (Å²) in [6, 6.07) is 6.00. The van der Waals surface area contributed by atoms with Gasteiger partial charge in [-0.15, -0.1) is 11.3 Å². The number of nitrogens with zero attached hydrogens (tertiary/aromatic N) is 4. The second-order valence-electron chi connectivity index (χ2n) is 9.05. The lowest BCUT2D eigenvalue weighted by Gasteiger charge is -2.35. The fraction of sp³-hybridized carbons (Fsp3) is 0.542. The molecule has 1 aliphatic rings. The van der Waals surface area contributed by atoms with Crippen LogP contribution in [0.25, 0.3) is 0 Å². The largest absolute Gasteiger partial charge is 0.490 e. The van der Waals surface area contributed by atoms with Gasteiger partial charge in [-0.2, -0.15) is 39.5 Å². The fourth-order valence-electron chi connectivity index (χ4n) is 3.48. The van der Waals surface area contributed by atoms with Crippen LogP contribution >= 0.6 is 11.3 Å². The van der Waals surface area contributed by atoms with Crippen LogP contribution < -0.4 is 0 Å². The van der Waals surface area contributed by atoms with Crippen LogP contribution in [0, 0.1) is 0 Å². The van der Waals surface area contributed by atoms with Crippen molar-refractivity contribution < 1.29 is 69.2 Å². The molecule has 3 rings (SSSR count). The molecule has 0 radical (unpaired) electrons. The van der Waals surface area contributed by atoms with E-state index in [0.29, 0.717) is 18.1 Å². The molecular weight excluding hydrogens is 643 g/mol. The van der Waals surface area contributed by atoms with Crippen molar-refractivity contribution in [3.05, 3.63) is 46.7 Å². The number of pyridine rings is 1. The molecule has 3 N–H and O–H groups in total. The number of aliphatic carboxylic acids is 3. The number of hydrogen-bond donors (Lipinski definition) is 3. The maximum absolute atomic E-state index is 10.6. The van der Waals surface area contributed by atoms with Gasteiger partial charge in [0.25, 0.3) is 0 Å². The predicted molar refractivity (Wildman–Crippen MR) is 137 cm³/mol. The van der Waals surface area contributed by atoms with Crippen LogP contribution in [0.3, 0.4) is 0 Å². The lowest BCUT2D eigenvalue weighted by molar-refractivity contribution is -0.193. The van der Waals surface area contributed by atoms with E-state index in [0.717, 1.165) is 19.5 Å². The van der Waals surface area contributed by atoms with E-state index in [9.17, 15) is 39.5 Å². The van der Waals surface area contributed by atoms with Crippen LogP contribution in [-0.4, -0.2) is 103 Å². The molecule has 1 aliphatic heterocycles. The van der Waals surface area contributed by atoms with Crippen LogP contribution in [0.15, 0.2) is 36.1 Å². The minimum Gasteiger partial charge on any atom is -0.475 e. The van der Waals surface area contributed by atoms with Crippen molar-refractivity contribution in [2.75, 3.05) is 13.6 Å². The van der Waals surface area contributed by atoms with Crippen molar-refractivity contribution in [2.24, 2.45) is 0 Å². The summed E-state index contributed by atoms with van der Waals surface area (Å²) in [5.74, 6) is -8.27. The first kappa shape index (κ1) is 40.5. The van der Waals surface area contributed by atoms with Crippen molar-refractivity contribution in [3.8, 4) is 0 Å². The molecule has 2 aromatic rings. The number of carboxylic acid groups (broad SMARTS) is 3. The lowest BCUT2D eigenvalue weighted by Crippen LogP contribution is -2.47. The molecule has 0 aromatic carbocycles. The highest BCUT2D eigenvalue weighted by Gasteiger charge is 2.40. The summed E-state index contributed by atoms with van der Waals surface area (Å²) in [5.41, 5.74) is 1.37. The van der Waals surface area contributed by atoms with E-state index in [1.165, 1.54) is 17.0 Å². The molecule has 0 amide bonds. The van der Waals surface area contributed by atoms with Gasteiger partial charge in [0.15, 0.2) is 0 Å². The van der Waals surface area contributed by atoms with Crippen LogP contribution in [0.1, 0.15) is 30.8 Å². The molecule has 0 saturated carbocycles. The Bertz CT molecular complexity index is 1090. The van der Waals surface area contributed by atoms with E-state index < -0.39 is 36.4 Å². The van der Waals surface area contributed by atoms with E-state index in [1.54, 1.807) is 11.3 Å². The number of halogens is 9. The molecule has 0 spiro atoms. The normalized spacial score (nSPS) is 17.0. The van der Waals surface area contributed by atoms with Crippen molar-refractivity contribution in [1.29, 1.82) is 0 Å². The third kappa shape index (κ3) is 15.8. The summed E-state index contributed by atoms with van der Waals surface area (Å²) in [4.78, 5) is 40.5. The smallest absolute Gasteiger partial charge is 0.475 e. The Morgan fingerprint density at radius 3 is 1.68 bits per heavy atom. The lowest BCUT2D eigenvalue weighted by atomic mass is 9.99. The Morgan fingerprint density at radius 1 is 0.909 bits per heavy atom. The number of aromatic nitrogens is 2. The third-order valence-electron chi connectivity index (χ3n) is 5.71. The fourth-order valence-corrected chi connectivity index (χ4v) is 4.13. The molecule has 1 saturated heterocycles. The molecular formula is C24H29F9N4O6S. The number of likely N-dealkylation sites (tertiary alicyclic amines) is 1. The Hall–Kier alpha value is -3.52. The average molecular weight is 673 g/mol. The summed E-state index contributed by atoms with van der Waals surface area (Å²) in [6.45, 7) is 6.69. The maximum Gasteiger partial charge on any atom is 0.490 e. The van der Waals surface area contributed by atoms with Gasteiger partial charge in [0.2, 0.25) is 0 Å². The van der Waals surface area contributed by atoms with Crippen molar-refractivity contribution in [3.63, 3.8) is 0 Å². The van der Waals surface area contributed by atoms with Crippen LogP contribution in [0.2, 0.25) is 0 Å². The number of hydrogen-bond acceptors (Lipinski definition) is 8. The van der Waals surface area contributed by atoms with Gasteiger partial charge in [-0.25, -0.2) is 19.4 Å². The third-order valence-corrected chi connectivity index (χ3v) is 6.47. The summed E-state index contributed by atoms with van der Waals surface area (Å²) < 4.78 is 95.2. The van der Waals surface area contributed by atoms with E-state index >= 15 is 0 Å². The Kier molecular flexibility index (Phi) is 16.3. The molecule has 1 fully saturated rings. The van der Waals surface area contributed by atoms with Crippen molar-refractivity contribution in [2.45, 2.75) is 69.9 Å². The highest BCUT2D eigenvalue weighted by atomic mass is 32.1. The van der Waals surface area contributed by atoms with Gasteiger partial charge in [0, 0.05) is 48.6 Å². The van der Waals surface area contributed by atoms with E-state index in [1.807, 2.05) is 18.6 Å². The van der Waals surface area contributed by atoms with Gasteiger partial charge in [-0.05, 0) is 51.4 Å². The van der Waals surface area contributed by atoms with Gasteiger partial charge in [0.05, 0.1) is 6.54 Å². The summed E-state index contributed by atoms with van der Waals surface area (Å²) in [6.07, 6.45) is -7.23. The van der Waals surface area contributed by atoms with Gasteiger partial charge in [0.1, 0.15) is 5.01 Å². The molecule has 250 valence electrons. The molecule has 0 unspecified atom stereocenters. The number of rotatable bonds is 6. The first-order valence-electron chi connectivity index (χ1n) is 12.1. The molecule has 0 bridgehead atoms. The van der Waals surface area contributed by atoms with Crippen LogP contribution in [-0.2, 0) is 27.3 Å². The minimum absolute atomic E-state index is 0.536. The van der Waals surface area contributed by atoms with Crippen LogP contribution in [0.4, 0.5) is 39.5 Å². The first-order valence-corrected chi connectivity index (χ1v) is 13.0. The van der Waals surface area contributed by atoms with E-state index in [4.69, 9.17) is 29.7 Å². The zero-order valence-corrected chi connectivity index (χ0v) is 24.0. The number of likely N-dealkylation sites (N-methyl/N-ethyl adjacent to an activating group) is 1. The Balaban J connectivity index is 0.000000721. The summed E-state index contributed by atoms with van der Waals surface area (Å²) in [7, 11) is 2.27. The van der Waals surface area contributed by atoms with E-state index in [-0.39, 0.29) is 0 Å². The molecule has 2 aromatic heterocycles. The second-order valence-corrected chi connectivity index (χ2v) is 10.0. The molecule has 2 atom stereocenters. The summed E-state index contributed by atoms with van der Waals surface area (Å²) in [5, 5.41) is 24.7. The second kappa shape index (κ2) is 17.7.